The molecule has 196 valence electrons. The summed E-state index contributed by atoms with van der Waals surface area (Å²) in [5.41, 5.74) is -1.64. The molecule has 0 radical (unpaired) electrons. The molecule has 1 saturated carbocycles. The number of amides is 1. The zero-order valence-electron chi connectivity index (χ0n) is 20.8. The molecule has 1 amide bonds. The third-order valence-electron chi connectivity index (χ3n) is 7.04. The van der Waals surface area contributed by atoms with Crippen LogP contribution in [-0.4, -0.2) is 95.7 Å². The molecule has 1 unspecified atom stereocenters. The number of likely N-dealkylation sites (tertiary alicyclic amines) is 1. The topological polar surface area (TPSA) is 125 Å². The van der Waals surface area contributed by atoms with Gasteiger partial charge in [0.15, 0.2) is 5.44 Å². The molecule has 3 aliphatic rings. The maximum atomic E-state index is 12.5. The maximum Gasteiger partial charge on any atom is 0.410 e. The smallest absolute Gasteiger partial charge is 0.410 e. The minimum atomic E-state index is -3.73. The standard InChI is InChI=1S/C23H37N5O6S/c1-17(2)21(29)35(31,32)28-12-10-26(11-13-28)19-14-25-20(15-24-19)33-16-18-4-8-27(9-5-18)22(30)34-23(3)6-7-23/h14-15,17-18,21,29H,4-13,16H2,1-3H3. The van der Waals surface area contributed by atoms with Crippen LogP contribution < -0.4 is 9.64 Å². The van der Waals surface area contributed by atoms with Crippen LogP contribution in [0.4, 0.5) is 10.6 Å². The summed E-state index contributed by atoms with van der Waals surface area (Å²) in [7, 11) is -3.73. The molecule has 2 aliphatic heterocycles. The van der Waals surface area contributed by atoms with Crippen LogP contribution >= 0.6 is 0 Å². The number of sulfonamides is 1. The van der Waals surface area contributed by atoms with Crippen LogP contribution in [0.2, 0.25) is 0 Å². The molecule has 0 spiro atoms. The van der Waals surface area contributed by atoms with Crippen molar-refractivity contribution in [2.45, 2.75) is 57.5 Å². The van der Waals surface area contributed by atoms with E-state index in [0.717, 1.165) is 25.7 Å². The quantitative estimate of drug-likeness (QED) is 0.555. The lowest BCUT2D eigenvalue weighted by atomic mass is 9.98. The Morgan fingerprint density at radius 2 is 1.77 bits per heavy atom. The van der Waals surface area contributed by atoms with Crippen molar-refractivity contribution in [1.29, 1.82) is 0 Å². The van der Waals surface area contributed by atoms with Gasteiger partial charge in [-0.1, -0.05) is 13.8 Å². The summed E-state index contributed by atoms with van der Waals surface area (Å²) >= 11 is 0. The van der Waals surface area contributed by atoms with Gasteiger partial charge in [0.05, 0.1) is 19.0 Å². The Morgan fingerprint density at radius 3 is 2.31 bits per heavy atom. The van der Waals surface area contributed by atoms with E-state index in [-0.39, 0.29) is 30.7 Å². The van der Waals surface area contributed by atoms with E-state index in [0.29, 0.717) is 50.4 Å². The van der Waals surface area contributed by atoms with E-state index < -0.39 is 15.5 Å². The highest BCUT2D eigenvalue weighted by molar-refractivity contribution is 7.89. The van der Waals surface area contributed by atoms with Gasteiger partial charge in [-0.15, -0.1) is 0 Å². The number of anilines is 1. The van der Waals surface area contributed by atoms with Crippen molar-refractivity contribution < 1.29 is 27.8 Å². The summed E-state index contributed by atoms with van der Waals surface area (Å²) in [5.74, 6) is 1.08. The average molecular weight is 512 g/mol. The first-order valence-electron chi connectivity index (χ1n) is 12.4. The largest absolute Gasteiger partial charge is 0.476 e. The lowest BCUT2D eigenvalue weighted by Crippen LogP contribution is -2.52. The zero-order valence-corrected chi connectivity index (χ0v) is 21.6. The van der Waals surface area contributed by atoms with Crippen LogP contribution in [0.3, 0.4) is 0 Å². The molecule has 1 aromatic rings. The normalized spacial score (nSPS) is 22.2. The molecule has 1 N–H and O–H groups in total. The first-order chi connectivity index (χ1) is 16.6. The Labute approximate surface area is 207 Å². The summed E-state index contributed by atoms with van der Waals surface area (Å²) in [6.07, 6.45) is 6.63. The molecule has 1 atom stereocenters. The number of hydrogen-bond acceptors (Lipinski definition) is 9. The Kier molecular flexibility index (Phi) is 7.72. The molecule has 1 aromatic heterocycles. The summed E-state index contributed by atoms with van der Waals surface area (Å²) in [6.45, 7) is 8.73. The van der Waals surface area contributed by atoms with E-state index in [1.807, 2.05) is 11.8 Å². The van der Waals surface area contributed by atoms with Crippen molar-refractivity contribution in [3.05, 3.63) is 12.4 Å². The summed E-state index contributed by atoms with van der Waals surface area (Å²) < 4.78 is 37.8. The van der Waals surface area contributed by atoms with E-state index in [9.17, 15) is 18.3 Å². The summed E-state index contributed by atoms with van der Waals surface area (Å²) in [6, 6.07) is 0. The molecule has 0 aromatic carbocycles. The van der Waals surface area contributed by atoms with Crippen molar-refractivity contribution in [3.8, 4) is 5.88 Å². The van der Waals surface area contributed by atoms with E-state index in [1.54, 1.807) is 31.1 Å². The molecule has 2 saturated heterocycles. The second-order valence-electron chi connectivity index (χ2n) is 10.3. The number of rotatable bonds is 8. The molecule has 0 bridgehead atoms. The number of aliphatic hydroxyl groups excluding tert-OH is 1. The second-order valence-corrected chi connectivity index (χ2v) is 12.4. The van der Waals surface area contributed by atoms with E-state index in [4.69, 9.17) is 9.47 Å². The molecular formula is C23H37N5O6S. The number of hydrogen-bond donors (Lipinski definition) is 1. The molecule has 4 rings (SSSR count). The fourth-order valence-electron chi connectivity index (χ4n) is 4.25. The van der Waals surface area contributed by atoms with Crippen molar-refractivity contribution in [3.63, 3.8) is 0 Å². The molecule has 3 fully saturated rings. The van der Waals surface area contributed by atoms with Crippen molar-refractivity contribution >= 4 is 21.9 Å². The number of carbonyl (C=O) groups is 1. The lowest BCUT2D eigenvalue weighted by molar-refractivity contribution is 0.0454. The molecule has 12 heteroatoms. The first-order valence-corrected chi connectivity index (χ1v) is 13.9. The van der Waals surface area contributed by atoms with Gasteiger partial charge in [-0.05, 0) is 44.4 Å². The average Bonchev–Trinajstić information content (AvgIpc) is 3.59. The number of piperazine rings is 1. The first kappa shape index (κ1) is 25.9. The number of ether oxygens (including phenoxy) is 2. The Bertz CT molecular complexity index is 969. The van der Waals surface area contributed by atoms with Crippen LogP contribution in [0, 0.1) is 11.8 Å². The van der Waals surface area contributed by atoms with Crippen LogP contribution in [0.1, 0.15) is 46.5 Å². The van der Waals surface area contributed by atoms with E-state index >= 15 is 0 Å². The Balaban J connectivity index is 1.19. The summed E-state index contributed by atoms with van der Waals surface area (Å²) in [5, 5.41) is 10.0. The van der Waals surface area contributed by atoms with Crippen molar-refractivity contribution in [2.24, 2.45) is 11.8 Å². The van der Waals surface area contributed by atoms with Gasteiger partial charge < -0.3 is 24.4 Å². The van der Waals surface area contributed by atoms with Gasteiger partial charge >= 0.3 is 6.09 Å². The molecule has 11 nitrogen and oxygen atoms in total. The Hall–Kier alpha value is -2.18. The molecule has 3 heterocycles. The summed E-state index contributed by atoms with van der Waals surface area (Å²) in [4.78, 5) is 24.8. The zero-order chi connectivity index (χ0) is 25.2. The number of aromatic nitrogens is 2. The SMILES string of the molecule is CC(C)C(O)S(=O)(=O)N1CCN(c2cnc(OCC3CCN(C(=O)OC4(C)CC4)CC3)cn2)CC1. The van der Waals surface area contributed by atoms with Gasteiger partial charge in [-0.2, -0.15) is 4.31 Å². The second kappa shape index (κ2) is 10.4. The number of piperidine rings is 1. The van der Waals surface area contributed by atoms with Gasteiger partial charge in [0, 0.05) is 39.3 Å². The monoisotopic (exact) mass is 511 g/mol. The third kappa shape index (κ3) is 6.34. The van der Waals surface area contributed by atoms with E-state index in [1.165, 1.54) is 4.31 Å². The van der Waals surface area contributed by atoms with Crippen molar-refractivity contribution in [2.75, 3.05) is 50.8 Å². The molecular weight excluding hydrogens is 474 g/mol. The Morgan fingerprint density at radius 1 is 1.11 bits per heavy atom. The number of nitrogens with zero attached hydrogens (tertiary/aromatic N) is 5. The fourth-order valence-corrected chi connectivity index (χ4v) is 5.92. The minimum Gasteiger partial charge on any atom is -0.476 e. The van der Waals surface area contributed by atoms with Gasteiger partial charge in [0.2, 0.25) is 15.9 Å². The van der Waals surface area contributed by atoms with Crippen LogP contribution in [0.25, 0.3) is 0 Å². The van der Waals surface area contributed by atoms with Gasteiger partial charge in [0.1, 0.15) is 11.4 Å². The van der Waals surface area contributed by atoms with Crippen LogP contribution in [0.5, 0.6) is 5.88 Å². The van der Waals surface area contributed by atoms with Crippen LogP contribution in [-0.2, 0) is 14.8 Å². The van der Waals surface area contributed by atoms with Gasteiger partial charge in [-0.3, -0.25) is 0 Å². The number of aliphatic hydroxyl groups is 1. The highest BCUT2D eigenvalue weighted by Crippen LogP contribution is 2.39. The predicted molar refractivity (Wildman–Crippen MR) is 129 cm³/mol. The molecule has 35 heavy (non-hydrogen) atoms. The lowest BCUT2D eigenvalue weighted by Gasteiger charge is -2.36. The highest BCUT2D eigenvalue weighted by Gasteiger charge is 2.43. The predicted octanol–water partition coefficient (Wildman–Crippen LogP) is 1.68. The van der Waals surface area contributed by atoms with Gasteiger partial charge in [-0.25, -0.2) is 23.2 Å². The number of carbonyl (C=O) groups excluding carboxylic acids is 1. The van der Waals surface area contributed by atoms with Crippen LogP contribution in [0.15, 0.2) is 12.4 Å². The minimum absolute atomic E-state index is 0.208. The third-order valence-corrected chi connectivity index (χ3v) is 9.28. The molecule has 1 aliphatic carbocycles. The van der Waals surface area contributed by atoms with Crippen molar-refractivity contribution in [1.82, 2.24) is 19.2 Å². The fraction of sp³-hybridized carbons (Fsp3) is 0.783. The van der Waals surface area contributed by atoms with Gasteiger partial charge in [0.25, 0.3) is 0 Å². The maximum absolute atomic E-state index is 12.5. The highest BCUT2D eigenvalue weighted by atomic mass is 32.2. The van der Waals surface area contributed by atoms with E-state index in [2.05, 4.69) is 9.97 Å².